The van der Waals surface area contributed by atoms with Gasteiger partial charge in [-0.3, -0.25) is 4.79 Å². The van der Waals surface area contributed by atoms with Gasteiger partial charge in [-0.1, -0.05) is 0 Å². The number of fused-ring (bicyclic) bond motifs is 1. The molecule has 0 spiro atoms. The van der Waals surface area contributed by atoms with E-state index in [1.165, 1.54) is 23.2 Å². The zero-order valence-electron chi connectivity index (χ0n) is 18.3. The van der Waals surface area contributed by atoms with Crippen molar-refractivity contribution in [3.8, 4) is 5.69 Å². The number of aromatic nitrogens is 4. The van der Waals surface area contributed by atoms with Crippen LogP contribution in [0.4, 0.5) is 23.4 Å². The fourth-order valence-electron chi connectivity index (χ4n) is 4.51. The molecule has 1 saturated heterocycles. The molecule has 4 heterocycles. The lowest BCUT2D eigenvalue weighted by atomic mass is 10.0. The molecule has 178 valence electrons. The van der Waals surface area contributed by atoms with Crippen molar-refractivity contribution < 1.29 is 22.4 Å². The predicted molar refractivity (Wildman–Crippen MR) is 115 cm³/mol. The Balaban J connectivity index is 1.37. The standard InChI is InChI=1S/C23H22F4N6O/c1-13-2-4-18(32-11-19(24)30-12-32)21(31-13)22(34)33-10-15-6-14(15)7-17(33)9-29-20-5-3-16(8-28-20)23(25,26)27/h2-5,8,11-12,14-15,17H,6-7,9-10H2,1H3,(H,28,29)/t14-,15+,17+/m1/s1. The van der Waals surface area contributed by atoms with Gasteiger partial charge in [-0.15, -0.1) is 0 Å². The molecule has 5 rings (SSSR count). The molecule has 1 saturated carbocycles. The van der Waals surface area contributed by atoms with Gasteiger partial charge in [-0.25, -0.2) is 15.0 Å². The Morgan fingerprint density at radius 1 is 1.15 bits per heavy atom. The molecule has 1 N–H and O–H groups in total. The number of carbonyl (C=O) groups is 1. The number of pyridine rings is 2. The van der Waals surface area contributed by atoms with Gasteiger partial charge in [0.25, 0.3) is 5.91 Å². The number of piperidine rings is 1. The zero-order chi connectivity index (χ0) is 24.0. The van der Waals surface area contributed by atoms with Gasteiger partial charge in [-0.2, -0.15) is 17.6 Å². The van der Waals surface area contributed by atoms with Crippen molar-refractivity contribution in [3.63, 3.8) is 0 Å². The third-order valence-electron chi connectivity index (χ3n) is 6.43. The molecule has 3 aromatic rings. The minimum Gasteiger partial charge on any atom is -0.368 e. The first kappa shape index (κ1) is 22.3. The molecule has 1 aliphatic carbocycles. The first-order valence-electron chi connectivity index (χ1n) is 10.9. The van der Waals surface area contributed by atoms with Crippen molar-refractivity contribution in [2.75, 3.05) is 18.4 Å². The second-order valence-corrected chi connectivity index (χ2v) is 8.84. The van der Waals surface area contributed by atoms with Crippen LogP contribution in [-0.2, 0) is 6.18 Å². The van der Waals surface area contributed by atoms with E-state index >= 15 is 0 Å². The van der Waals surface area contributed by atoms with Gasteiger partial charge < -0.3 is 14.8 Å². The maximum absolute atomic E-state index is 13.7. The molecule has 1 aliphatic heterocycles. The summed E-state index contributed by atoms with van der Waals surface area (Å²) in [6.07, 6.45) is 0.642. The molecule has 11 heteroatoms. The van der Waals surface area contributed by atoms with E-state index in [2.05, 4.69) is 20.3 Å². The molecule has 0 bridgehead atoms. The van der Waals surface area contributed by atoms with Crippen LogP contribution in [0.1, 0.15) is 34.6 Å². The van der Waals surface area contributed by atoms with Crippen molar-refractivity contribution in [3.05, 3.63) is 65.9 Å². The number of anilines is 1. The number of amides is 1. The number of rotatable bonds is 5. The number of hydrogen-bond acceptors (Lipinski definition) is 5. The van der Waals surface area contributed by atoms with E-state index in [0.717, 1.165) is 25.1 Å². The molecule has 0 aromatic carbocycles. The van der Waals surface area contributed by atoms with Gasteiger partial charge in [0.05, 0.1) is 17.4 Å². The Kier molecular flexibility index (Phi) is 5.49. The Bertz CT molecular complexity index is 1210. The lowest BCUT2D eigenvalue weighted by Crippen LogP contribution is -2.48. The van der Waals surface area contributed by atoms with Crippen LogP contribution in [-0.4, -0.2) is 49.5 Å². The summed E-state index contributed by atoms with van der Waals surface area (Å²) in [6.45, 7) is 2.69. The molecular weight excluding hydrogens is 452 g/mol. The van der Waals surface area contributed by atoms with Crippen molar-refractivity contribution in [1.82, 2.24) is 24.4 Å². The number of imidazole rings is 1. The Hall–Kier alpha value is -3.50. The number of hydrogen-bond donors (Lipinski definition) is 1. The summed E-state index contributed by atoms with van der Waals surface area (Å²) < 4.78 is 53.3. The van der Waals surface area contributed by atoms with E-state index in [1.807, 2.05) is 0 Å². The summed E-state index contributed by atoms with van der Waals surface area (Å²) in [5.74, 6) is 0.336. The number of nitrogens with zero attached hydrogens (tertiary/aromatic N) is 5. The highest BCUT2D eigenvalue weighted by Crippen LogP contribution is 2.47. The van der Waals surface area contributed by atoms with Gasteiger partial charge >= 0.3 is 6.18 Å². The largest absolute Gasteiger partial charge is 0.417 e. The van der Waals surface area contributed by atoms with Gasteiger partial charge in [0.15, 0.2) is 5.69 Å². The van der Waals surface area contributed by atoms with E-state index in [9.17, 15) is 22.4 Å². The molecule has 0 radical (unpaired) electrons. The summed E-state index contributed by atoms with van der Waals surface area (Å²) in [7, 11) is 0. The molecule has 3 atom stereocenters. The van der Waals surface area contributed by atoms with E-state index in [1.54, 1.807) is 24.0 Å². The van der Waals surface area contributed by atoms with Crippen molar-refractivity contribution >= 4 is 11.7 Å². The van der Waals surface area contributed by atoms with Crippen molar-refractivity contribution in [2.24, 2.45) is 11.8 Å². The van der Waals surface area contributed by atoms with Gasteiger partial charge in [0.2, 0.25) is 5.95 Å². The summed E-state index contributed by atoms with van der Waals surface area (Å²) in [4.78, 5) is 27.4. The minimum absolute atomic E-state index is 0.185. The van der Waals surface area contributed by atoms with Crippen molar-refractivity contribution in [1.29, 1.82) is 0 Å². The van der Waals surface area contributed by atoms with E-state index < -0.39 is 17.7 Å². The molecule has 7 nitrogen and oxygen atoms in total. The Labute approximate surface area is 192 Å². The highest BCUT2D eigenvalue weighted by molar-refractivity contribution is 5.96. The number of likely N-dealkylation sites (tertiary alicyclic amines) is 1. The molecule has 1 amide bonds. The molecule has 0 unspecified atom stereocenters. The van der Waals surface area contributed by atoms with Crippen LogP contribution in [0.5, 0.6) is 0 Å². The third kappa shape index (κ3) is 4.46. The summed E-state index contributed by atoms with van der Waals surface area (Å²) in [5, 5.41) is 3.07. The SMILES string of the molecule is Cc1ccc(-n2cnc(F)c2)c(C(=O)N2C[C@@H]3C[C@@H]3C[C@H]2CNc2ccc(C(F)(F)F)cn2)n1. The third-order valence-corrected chi connectivity index (χ3v) is 6.43. The molecule has 2 fully saturated rings. The van der Waals surface area contributed by atoms with Crippen LogP contribution in [0, 0.1) is 24.7 Å². The number of alkyl halides is 3. The van der Waals surface area contributed by atoms with Crippen molar-refractivity contribution in [2.45, 2.75) is 32.0 Å². The fraction of sp³-hybridized carbons (Fsp3) is 0.391. The van der Waals surface area contributed by atoms with Crippen LogP contribution < -0.4 is 5.32 Å². The Morgan fingerprint density at radius 2 is 1.97 bits per heavy atom. The van der Waals surface area contributed by atoms with Gasteiger partial charge in [-0.05, 0) is 55.9 Å². The first-order chi connectivity index (χ1) is 16.2. The number of halogens is 4. The average molecular weight is 474 g/mol. The maximum Gasteiger partial charge on any atom is 0.417 e. The Morgan fingerprint density at radius 3 is 2.65 bits per heavy atom. The van der Waals surface area contributed by atoms with E-state index in [4.69, 9.17) is 0 Å². The molecule has 2 aliphatic rings. The number of nitrogens with one attached hydrogen (secondary N) is 1. The van der Waals surface area contributed by atoms with Crippen LogP contribution in [0.3, 0.4) is 0 Å². The molecule has 34 heavy (non-hydrogen) atoms. The van der Waals surface area contributed by atoms with E-state index in [0.29, 0.717) is 42.1 Å². The van der Waals surface area contributed by atoms with Crippen LogP contribution in [0.25, 0.3) is 5.69 Å². The normalized spacial score (nSPS) is 21.8. The topological polar surface area (TPSA) is 75.9 Å². The zero-order valence-corrected chi connectivity index (χ0v) is 18.3. The van der Waals surface area contributed by atoms with Crippen LogP contribution in [0.15, 0.2) is 43.0 Å². The maximum atomic E-state index is 13.7. The lowest BCUT2D eigenvalue weighted by Gasteiger charge is -2.36. The second-order valence-electron chi connectivity index (χ2n) is 8.84. The number of aryl methyl sites for hydroxylation is 1. The van der Waals surface area contributed by atoms with Crippen LogP contribution in [0.2, 0.25) is 0 Å². The smallest absolute Gasteiger partial charge is 0.368 e. The first-order valence-corrected chi connectivity index (χ1v) is 10.9. The van der Waals surface area contributed by atoms with E-state index in [-0.39, 0.29) is 17.6 Å². The monoisotopic (exact) mass is 474 g/mol. The highest BCUT2D eigenvalue weighted by Gasteiger charge is 2.47. The quantitative estimate of drug-likeness (QED) is 0.564. The summed E-state index contributed by atoms with van der Waals surface area (Å²) in [5.41, 5.74) is 0.468. The number of carbonyl (C=O) groups excluding carboxylic acids is 1. The molecule has 3 aromatic heterocycles. The van der Waals surface area contributed by atoms with Gasteiger partial charge in [0, 0.05) is 31.0 Å². The van der Waals surface area contributed by atoms with Gasteiger partial charge in [0.1, 0.15) is 12.1 Å². The predicted octanol–water partition coefficient (Wildman–Crippen LogP) is 4.09. The molecular formula is C23H22F4N6O. The van der Waals surface area contributed by atoms with Crippen LogP contribution >= 0.6 is 0 Å². The average Bonchev–Trinajstić information content (AvgIpc) is 3.44. The second kappa shape index (κ2) is 8.37. The lowest BCUT2D eigenvalue weighted by molar-refractivity contribution is -0.137. The summed E-state index contributed by atoms with van der Waals surface area (Å²) in [6, 6.07) is 5.52. The highest BCUT2D eigenvalue weighted by atomic mass is 19.4. The fourth-order valence-corrected chi connectivity index (χ4v) is 4.51. The summed E-state index contributed by atoms with van der Waals surface area (Å²) >= 11 is 0. The minimum atomic E-state index is -4.45.